The zero-order chi connectivity index (χ0) is 17.5. The van der Waals surface area contributed by atoms with Crippen LogP contribution in [0.2, 0.25) is 0 Å². The summed E-state index contributed by atoms with van der Waals surface area (Å²) in [7, 11) is 3.99. The van der Waals surface area contributed by atoms with Crippen molar-refractivity contribution in [2.75, 3.05) is 39.5 Å². The van der Waals surface area contributed by atoms with Crippen molar-refractivity contribution in [2.24, 2.45) is 0 Å². The Morgan fingerprint density at radius 3 is 2.79 bits per heavy atom. The first-order valence-electron chi connectivity index (χ1n) is 8.28. The van der Waals surface area contributed by atoms with Gasteiger partial charge in [-0.05, 0) is 56.8 Å². The van der Waals surface area contributed by atoms with Gasteiger partial charge in [-0.1, -0.05) is 18.7 Å². The first-order chi connectivity index (χ1) is 11.5. The van der Waals surface area contributed by atoms with E-state index in [-0.39, 0.29) is 5.91 Å². The molecular weight excluding hydrogens is 302 g/mol. The summed E-state index contributed by atoms with van der Waals surface area (Å²) in [5.74, 6) is 0.650. The van der Waals surface area contributed by atoms with Crippen LogP contribution in [0.25, 0.3) is 6.08 Å². The van der Waals surface area contributed by atoms with Crippen LogP contribution in [0.15, 0.2) is 36.9 Å². The van der Waals surface area contributed by atoms with Crippen molar-refractivity contribution in [3.05, 3.63) is 42.5 Å². The number of nitrogen functional groups attached to an aromatic ring is 1. The molecule has 24 heavy (non-hydrogen) atoms. The highest BCUT2D eigenvalue weighted by atomic mass is 16.5. The molecule has 0 spiro atoms. The minimum Gasteiger partial charge on any atom is -0.487 e. The van der Waals surface area contributed by atoms with E-state index in [4.69, 9.17) is 10.5 Å². The molecule has 2 rings (SSSR count). The highest BCUT2D eigenvalue weighted by Crippen LogP contribution is 2.23. The molecule has 5 nitrogen and oxygen atoms in total. The molecule has 0 radical (unpaired) electrons. The molecule has 1 aromatic carbocycles. The van der Waals surface area contributed by atoms with Crippen LogP contribution < -0.4 is 10.5 Å². The number of rotatable bonds is 6. The molecule has 1 fully saturated rings. The maximum atomic E-state index is 12.3. The number of amides is 1. The van der Waals surface area contributed by atoms with E-state index in [1.807, 2.05) is 24.1 Å². The molecule has 0 saturated carbocycles. The third kappa shape index (κ3) is 4.86. The van der Waals surface area contributed by atoms with Crippen molar-refractivity contribution in [1.29, 1.82) is 0 Å². The number of anilines is 1. The minimum atomic E-state index is 0.0232. The van der Waals surface area contributed by atoms with Gasteiger partial charge in [0.25, 0.3) is 0 Å². The maximum absolute atomic E-state index is 12.3. The standard InChI is InChI=1S/C19H27N3O2/c1-4-13-24-18-7-5-15(14-17(18)20)6-8-19(23)22(3)16-9-11-21(2)12-10-16/h4-8,14,16H,1,9-13,20H2,2-3H3/b8-6-. The summed E-state index contributed by atoms with van der Waals surface area (Å²) in [5, 5.41) is 0. The molecule has 0 bridgehead atoms. The lowest BCUT2D eigenvalue weighted by Crippen LogP contribution is -2.43. The largest absolute Gasteiger partial charge is 0.487 e. The van der Waals surface area contributed by atoms with Crippen LogP contribution in [0.5, 0.6) is 5.75 Å². The monoisotopic (exact) mass is 329 g/mol. The van der Waals surface area contributed by atoms with Crippen molar-refractivity contribution < 1.29 is 9.53 Å². The highest BCUT2D eigenvalue weighted by molar-refractivity contribution is 5.92. The Morgan fingerprint density at radius 2 is 2.17 bits per heavy atom. The highest BCUT2D eigenvalue weighted by Gasteiger charge is 2.22. The van der Waals surface area contributed by atoms with Crippen LogP contribution in [0.1, 0.15) is 18.4 Å². The van der Waals surface area contributed by atoms with E-state index in [0.29, 0.717) is 24.1 Å². The van der Waals surface area contributed by atoms with E-state index in [0.717, 1.165) is 31.5 Å². The molecule has 1 saturated heterocycles. The minimum absolute atomic E-state index is 0.0232. The number of likely N-dealkylation sites (tertiary alicyclic amines) is 1. The lowest BCUT2D eigenvalue weighted by molar-refractivity contribution is -0.127. The lowest BCUT2D eigenvalue weighted by atomic mass is 10.0. The van der Waals surface area contributed by atoms with Crippen LogP contribution in [0.4, 0.5) is 5.69 Å². The number of hydrogen-bond acceptors (Lipinski definition) is 4. The molecule has 1 aliphatic heterocycles. The molecule has 2 N–H and O–H groups in total. The molecule has 1 amide bonds. The van der Waals surface area contributed by atoms with Gasteiger partial charge in [0.05, 0.1) is 5.69 Å². The number of ether oxygens (including phenoxy) is 1. The van der Waals surface area contributed by atoms with Crippen molar-refractivity contribution in [3.8, 4) is 5.75 Å². The van der Waals surface area contributed by atoms with Crippen LogP contribution in [-0.4, -0.2) is 55.5 Å². The van der Waals surface area contributed by atoms with Crippen LogP contribution in [0, 0.1) is 0 Å². The summed E-state index contributed by atoms with van der Waals surface area (Å²) in [6.07, 6.45) is 7.12. The molecule has 130 valence electrons. The third-order valence-corrected chi connectivity index (χ3v) is 4.39. The lowest BCUT2D eigenvalue weighted by Gasteiger charge is -2.34. The molecule has 1 heterocycles. The molecule has 1 aliphatic rings. The number of piperidine rings is 1. The van der Waals surface area contributed by atoms with Gasteiger partial charge in [0.1, 0.15) is 12.4 Å². The van der Waals surface area contributed by atoms with Gasteiger partial charge in [0.15, 0.2) is 0 Å². The topological polar surface area (TPSA) is 58.8 Å². The second-order valence-corrected chi connectivity index (χ2v) is 6.21. The predicted molar refractivity (Wildman–Crippen MR) is 98.9 cm³/mol. The summed E-state index contributed by atoms with van der Waals surface area (Å²) in [6, 6.07) is 5.81. The second kappa shape index (κ2) is 8.55. The summed E-state index contributed by atoms with van der Waals surface area (Å²) in [4.78, 5) is 16.5. The van der Waals surface area contributed by atoms with Crippen molar-refractivity contribution in [2.45, 2.75) is 18.9 Å². The normalized spacial score (nSPS) is 16.2. The van der Waals surface area contributed by atoms with E-state index in [9.17, 15) is 4.79 Å². The summed E-state index contributed by atoms with van der Waals surface area (Å²) in [5.41, 5.74) is 7.39. The zero-order valence-electron chi connectivity index (χ0n) is 14.6. The van der Waals surface area contributed by atoms with Crippen molar-refractivity contribution in [3.63, 3.8) is 0 Å². The summed E-state index contributed by atoms with van der Waals surface area (Å²) < 4.78 is 5.45. The average molecular weight is 329 g/mol. The Morgan fingerprint density at radius 1 is 1.46 bits per heavy atom. The van der Waals surface area contributed by atoms with Crippen molar-refractivity contribution in [1.82, 2.24) is 9.80 Å². The molecular formula is C19H27N3O2. The Hall–Kier alpha value is -2.27. The molecule has 5 heteroatoms. The van der Waals surface area contributed by atoms with Crippen LogP contribution >= 0.6 is 0 Å². The van der Waals surface area contributed by atoms with Gasteiger partial charge in [0.2, 0.25) is 5.91 Å². The van der Waals surface area contributed by atoms with Gasteiger partial charge in [-0.2, -0.15) is 0 Å². The van der Waals surface area contributed by atoms with E-state index in [2.05, 4.69) is 18.5 Å². The quantitative estimate of drug-likeness (QED) is 0.495. The van der Waals surface area contributed by atoms with Crippen LogP contribution in [-0.2, 0) is 4.79 Å². The molecule has 0 aromatic heterocycles. The van der Waals surface area contributed by atoms with Gasteiger partial charge in [-0.15, -0.1) is 0 Å². The number of likely N-dealkylation sites (N-methyl/N-ethyl adjacent to an activating group) is 1. The summed E-state index contributed by atoms with van der Waals surface area (Å²) >= 11 is 0. The number of carbonyl (C=O) groups excluding carboxylic acids is 1. The number of nitrogens with two attached hydrogens (primary N) is 1. The van der Waals surface area contributed by atoms with Gasteiger partial charge in [-0.3, -0.25) is 4.79 Å². The average Bonchev–Trinajstić information content (AvgIpc) is 2.59. The van der Waals surface area contributed by atoms with E-state index in [1.165, 1.54) is 0 Å². The molecule has 0 unspecified atom stereocenters. The Bertz CT molecular complexity index is 605. The fourth-order valence-electron chi connectivity index (χ4n) is 2.80. The Balaban J connectivity index is 1.95. The number of hydrogen-bond donors (Lipinski definition) is 1. The zero-order valence-corrected chi connectivity index (χ0v) is 14.6. The van der Waals surface area contributed by atoms with E-state index >= 15 is 0 Å². The van der Waals surface area contributed by atoms with E-state index in [1.54, 1.807) is 24.3 Å². The smallest absolute Gasteiger partial charge is 0.246 e. The second-order valence-electron chi connectivity index (χ2n) is 6.21. The van der Waals surface area contributed by atoms with Gasteiger partial charge in [0, 0.05) is 19.2 Å². The number of benzene rings is 1. The number of carbonyl (C=O) groups is 1. The molecule has 0 atom stereocenters. The fraction of sp³-hybridized carbons (Fsp3) is 0.421. The number of nitrogens with zero attached hydrogens (tertiary/aromatic N) is 2. The molecule has 0 aliphatic carbocycles. The molecule has 1 aromatic rings. The summed E-state index contributed by atoms with van der Waals surface area (Å²) in [6.45, 7) is 6.10. The maximum Gasteiger partial charge on any atom is 0.246 e. The van der Waals surface area contributed by atoms with Crippen LogP contribution in [0.3, 0.4) is 0 Å². The first-order valence-corrected chi connectivity index (χ1v) is 8.28. The van der Waals surface area contributed by atoms with E-state index < -0.39 is 0 Å². The SMILES string of the molecule is C=CCOc1ccc(/C=C\C(=O)N(C)C2CCN(C)CC2)cc1N. The predicted octanol–water partition coefficient (Wildman–Crippen LogP) is 2.40. The van der Waals surface area contributed by atoms with Crippen molar-refractivity contribution >= 4 is 17.7 Å². The van der Waals surface area contributed by atoms with Gasteiger partial charge >= 0.3 is 0 Å². The van der Waals surface area contributed by atoms with Gasteiger partial charge in [-0.25, -0.2) is 0 Å². The van der Waals surface area contributed by atoms with Gasteiger partial charge < -0.3 is 20.3 Å². The Labute approximate surface area is 144 Å². The third-order valence-electron chi connectivity index (χ3n) is 4.39. The fourth-order valence-corrected chi connectivity index (χ4v) is 2.80. The first kappa shape index (κ1) is 18.1. The Kier molecular flexibility index (Phi) is 6.44.